The molecule has 0 aromatic heterocycles. The summed E-state index contributed by atoms with van der Waals surface area (Å²) in [5, 5.41) is 0. The van der Waals surface area contributed by atoms with Gasteiger partial charge in [-0.3, -0.25) is 0 Å². The van der Waals surface area contributed by atoms with E-state index < -0.39 is 0 Å². The van der Waals surface area contributed by atoms with E-state index in [0.29, 0.717) is 17.3 Å². The lowest BCUT2D eigenvalue weighted by molar-refractivity contribution is 0.318. The van der Waals surface area contributed by atoms with E-state index in [1.807, 2.05) is 19.2 Å². The molecule has 0 saturated carbocycles. The highest BCUT2D eigenvalue weighted by atomic mass is 127. The summed E-state index contributed by atoms with van der Waals surface area (Å²) >= 11 is 3.54. The van der Waals surface area contributed by atoms with Crippen LogP contribution < -0.4 is 4.74 Å². The third-order valence-electron chi connectivity index (χ3n) is 1.49. The van der Waals surface area contributed by atoms with Crippen LogP contribution in [0.3, 0.4) is 0 Å². The highest BCUT2D eigenvalue weighted by Crippen LogP contribution is 2.29. The second-order valence-electron chi connectivity index (χ2n) is 2.35. The van der Waals surface area contributed by atoms with Crippen molar-refractivity contribution in [3.05, 3.63) is 21.5 Å². The summed E-state index contributed by atoms with van der Waals surface area (Å²) in [7, 11) is 0. The van der Waals surface area contributed by atoms with Crippen LogP contribution in [0.2, 0.25) is 0 Å². The summed E-state index contributed by atoms with van der Waals surface area (Å²) in [4.78, 5) is 0.635. The Balaban J connectivity index is 3.11. The molecule has 0 spiro atoms. The van der Waals surface area contributed by atoms with Crippen LogP contribution in [-0.4, -0.2) is 12.9 Å². The van der Waals surface area contributed by atoms with E-state index in [2.05, 4.69) is 22.6 Å². The van der Waals surface area contributed by atoms with Crippen molar-refractivity contribution in [2.45, 2.75) is 11.8 Å². The maximum atomic E-state index is 13.5. The molecule has 0 aliphatic rings. The number of benzene rings is 1. The van der Waals surface area contributed by atoms with Crippen LogP contribution in [-0.2, 0) is 0 Å². The highest BCUT2D eigenvalue weighted by molar-refractivity contribution is 14.1. The molecular weight excluding hydrogens is 302 g/mol. The van der Waals surface area contributed by atoms with E-state index in [-0.39, 0.29) is 5.82 Å². The molecule has 1 aromatic rings. The Hall–Kier alpha value is 0.0300. The van der Waals surface area contributed by atoms with Crippen molar-refractivity contribution in [2.24, 2.45) is 0 Å². The molecule has 1 aromatic carbocycles. The van der Waals surface area contributed by atoms with Crippen LogP contribution in [0.4, 0.5) is 4.39 Å². The first kappa shape index (κ1) is 11.1. The molecular formula is C9H10FIOS. The van der Waals surface area contributed by atoms with E-state index >= 15 is 0 Å². The molecule has 0 unspecified atom stereocenters. The molecule has 1 nitrogen and oxygen atoms in total. The minimum absolute atomic E-state index is 0.255. The minimum Gasteiger partial charge on any atom is -0.491 e. The average molecular weight is 312 g/mol. The fourth-order valence-electron chi connectivity index (χ4n) is 0.949. The van der Waals surface area contributed by atoms with Crippen LogP contribution in [0.15, 0.2) is 17.0 Å². The van der Waals surface area contributed by atoms with E-state index in [0.717, 1.165) is 3.57 Å². The molecule has 1 rings (SSSR count). The van der Waals surface area contributed by atoms with Crippen LogP contribution in [0.5, 0.6) is 5.75 Å². The third-order valence-corrected chi connectivity index (χ3v) is 2.85. The standard InChI is InChI=1S/C9H10FIOS/c1-3-12-7-4-6(11)5-8(13-2)9(7)10/h4-5H,3H2,1-2H3. The molecule has 0 amide bonds. The van der Waals surface area contributed by atoms with Crippen molar-refractivity contribution in [1.82, 2.24) is 0 Å². The molecule has 0 aliphatic carbocycles. The van der Waals surface area contributed by atoms with Crippen molar-refractivity contribution < 1.29 is 9.13 Å². The molecule has 0 heterocycles. The normalized spacial score (nSPS) is 10.2. The van der Waals surface area contributed by atoms with Gasteiger partial charge in [0.1, 0.15) is 0 Å². The minimum atomic E-state index is -0.255. The Morgan fingerprint density at radius 2 is 2.23 bits per heavy atom. The van der Waals surface area contributed by atoms with Crippen molar-refractivity contribution in [1.29, 1.82) is 0 Å². The molecule has 0 saturated heterocycles. The van der Waals surface area contributed by atoms with Crippen LogP contribution in [0.1, 0.15) is 6.92 Å². The van der Waals surface area contributed by atoms with Crippen molar-refractivity contribution in [3.63, 3.8) is 0 Å². The number of hydrogen-bond donors (Lipinski definition) is 0. The van der Waals surface area contributed by atoms with Gasteiger partial charge in [0.25, 0.3) is 0 Å². The molecule has 0 atom stereocenters. The second kappa shape index (κ2) is 5.05. The number of rotatable bonds is 3. The van der Waals surface area contributed by atoms with Gasteiger partial charge < -0.3 is 4.74 Å². The zero-order chi connectivity index (χ0) is 9.84. The Kier molecular flexibility index (Phi) is 4.31. The lowest BCUT2D eigenvalue weighted by Crippen LogP contribution is -1.96. The smallest absolute Gasteiger partial charge is 0.178 e. The van der Waals surface area contributed by atoms with Crippen LogP contribution >= 0.6 is 34.4 Å². The molecule has 0 fully saturated rings. The summed E-state index contributed by atoms with van der Waals surface area (Å²) < 4.78 is 19.6. The second-order valence-corrected chi connectivity index (χ2v) is 4.45. The number of hydrogen-bond acceptors (Lipinski definition) is 2. The van der Waals surface area contributed by atoms with Gasteiger partial charge in [0.2, 0.25) is 0 Å². The average Bonchev–Trinajstić information content (AvgIpc) is 2.11. The molecule has 72 valence electrons. The summed E-state index contributed by atoms with van der Waals surface area (Å²) in [6.07, 6.45) is 1.85. The van der Waals surface area contributed by atoms with E-state index in [9.17, 15) is 4.39 Å². The van der Waals surface area contributed by atoms with E-state index in [1.54, 1.807) is 6.07 Å². The number of halogens is 2. The van der Waals surface area contributed by atoms with Crippen LogP contribution in [0, 0.1) is 9.39 Å². The highest BCUT2D eigenvalue weighted by Gasteiger charge is 2.09. The molecule has 13 heavy (non-hydrogen) atoms. The van der Waals surface area contributed by atoms with Crippen LogP contribution in [0.25, 0.3) is 0 Å². The SMILES string of the molecule is CCOc1cc(I)cc(SC)c1F. The molecule has 0 radical (unpaired) electrons. The molecule has 0 bridgehead atoms. The molecule has 0 N–H and O–H groups in total. The lowest BCUT2D eigenvalue weighted by Gasteiger charge is -2.07. The predicted octanol–water partition coefficient (Wildman–Crippen LogP) is 3.55. The Morgan fingerprint density at radius 1 is 1.54 bits per heavy atom. The third kappa shape index (κ3) is 2.74. The zero-order valence-electron chi connectivity index (χ0n) is 7.43. The van der Waals surface area contributed by atoms with E-state index in [1.165, 1.54) is 11.8 Å². The van der Waals surface area contributed by atoms with Gasteiger partial charge in [-0.15, -0.1) is 11.8 Å². The van der Waals surface area contributed by atoms with Gasteiger partial charge in [-0.2, -0.15) is 0 Å². The fraction of sp³-hybridized carbons (Fsp3) is 0.333. The first-order chi connectivity index (χ1) is 6.19. The Bertz CT molecular complexity index is 304. The Morgan fingerprint density at radius 3 is 2.77 bits per heavy atom. The van der Waals surface area contributed by atoms with Crippen molar-refractivity contribution in [3.8, 4) is 5.75 Å². The summed E-state index contributed by atoms with van der Waals surface area (Å²) in [6, 6.07) is 3.52. The summed E-state index contributed by atoms with van der Waals surface area (Å²) in [5.41, 5.74) is 0. The van der Waals surface area contributed by atoms with Gasteiger partial charge in [0, 0.05) is 8.47 Å². The van der Waals surface area contributed by atoms with Gasteiger partial charge in [-0.25, -0.2) is 4.39 Å². The topological polar surface area (TPSA) is 9.23 Å². The number of ether oxygens (including phenoxy) is 1. The fourth-order valence-corrected chi connectivity index (χ4v) is 2.28. The van der Waals surface area contributed by atoms with Crippen molar-refractivity contribution in [2.75, 3.05) is 12.9 Å². The van der Waals surface area contributed by atoms with Gasteiger partial charge in [-0.1, -0.05) is 0 Å². The predicted molar refractivity (Wildman–Crippen MR) is 62.1 cm³/mol. The first-order valence-electron chi connectivity index (χ1n) is 3.84. The quantitative estimate of drug-likeness (QED) is 0.623. The van der Waals surface area contributed by atoms with Gasteiger partial charge in [0.15, 0.2) is 11.6 Å². The largest absolute Gasteiger partial charge is 0.491 e. The van der Waals surface area contributed by atoms with Crippen molar-refractivity contribution >= 4 is 34.4 Å². The monoisotopic (exact) mass is 312 g/mol. The zero-order valence-corrected chi connectivity index (χ0v) is 10.4. The molecule has 0 aliphatic heterocycles. The lowest BCUT2D eigenvalue weighted by atomic mass is 10.3. The van der Waals surface area contributed by atoms with Gasteiger partial charge >= 0.3 is 0 Å². The molecule has 4 heteroatoms. The van der Waals surface area contributed by atoms with Gasteiger partial charge in [0.05, 0.1) is 6.61 Å². The van der Waals surface area contributed by atoms with E-state index in [4.69, 9.17) is 4.74 Å². The summed E-state index contributed by atoms with van der Waals surface area (Å²) in [5.74, 6) is 0.0912. The summed E-state index contributed by atoms with van der Waals surface area (Å²) in [6.45, 7) is 2.34. The number of thioether (sulfide) groups is 1. The van der Waals surface area contributed by atoms with Gasteiger partial charge in [-0.05, 0) is 47.9 Å². The maximum absolute atomic E-state index is 13.5. The Labute approximate surface area is 95.2 Å². The maximum Gasteiger partial charge on any atom is 0.178 e. The first-order valence-corrected chi connectivity index (χ1v) is 6.15.